The van der Waals surface area contributed by atoms with Gasteiger partial charge in [-0.05, 0) is 24.6 Å². The van der Waals surface area contributed by atoms with Crippen molar-refractivity contribution in [2.75, 3.05) is 11.4 Å². The number of benzene rings is 2. The molecule has 0 atom stereocenters. The summed E-state index contributed by atoms with van der Waals surface area (Å²) in [4.78, 5) is 9.72. The van der Waals surface area contributed by atoms with Crippen LogP contribution in [-0.2, 0) is 12.8 Å². The van der Waals surface area contributed by atoms with E-state index in [1.165, 1.54) is 0 Å². The van der Waals surface area contributed by atoms with Crippen LogP contribution in [0.25, 0.3) is 0 Å². The number of anilines is 2. The van der Waals surface area contributed by atoms with Gasteiger partial charge in [-0.25, -0.2) is 4.98 Å². The highest BCUT2D eigenvalue weighted by Crippen LogP contribution is 2.36. The molecule has 0 bridgehead atoms. The van der Waals surface area contributed by atoms with Crippen LogP contribution in [0.5, 0.6) is 5.88 Å². The Morgan fingerprint density at radius 3 is 2.19 bits per heavy atom. The molecule has 0 spiro atoms. The highest BCUT2D eigenvalue weighted by Gasteiger charge is 2.36. The predicted molar refractivity (Wildman–Crippen MR) is 96.9 cm³/mol. The lowest BCUT2D eigenvalue weighted by Gasteiger charge is -2.22. The van der Waals surface area contributed by atoms with E-state index in [0.29, 0.717) is 6.54 Å². The number of hydrogen-bond acceptors (Lipinski definition) is 4. The van der Waals surface area contributed by atoms with Crippen molar-refractivity contribution in [2.45, 2.75) is 19.7 Å². The average molecular weight is 373 g/mol. The molecule has 0 amide bonds. The van der Waals surface area contributed by atoms with Crippen LogP contribution < -0.4 is 9.64 Å². The number of alkyl halides is 3. The third-order valence-electron chi connectivity index (χ3n) is 3.89. The van der Waals surface area contributed by atoms with Crippen LogP contribution >= 0.6 is 0 Å². The van der Waals surface area contributed by atoms with Gasteiger partial charge in [-0.1, -0.05) is 48.5 Å². The Bertz CT molecular complexity index is 871. The molecule has 0 N–H and O–H groups in total. The summed E-state index contributed by atoms with van der Waals surface area (Å²) in [5.74, 6) is -0.328. The van der Waals surface area contributed by atoms with E-state index in [4.69, 9.17) is 4.74 Å². The van der Waals surface area contributed by atoms with E-state index < -0.39 is 17.6 Å². The average Bonchev–Trinajstić information content (AvgIpc) is 2.68. The van der Waals surface area contributed by atoms with Gasteiger partial charge in [0.05, 0.1) is 0 Å². The number of halogens is 3. The fourth-order valence-corrected chi connectivity index (χ4v) is 2.57. The molecule has 0 aliphatic carbocycles. The first-order valence-corrected chi connectivity index (χ1v) is 8.42. The molecule has 2 aromatic carbocycles. The molecule has 4 nitrogen and oxygen atoms in total. The molecular formula is C20H18F3N3O. The number of hydrogen-bond donors (Lipinski definition) is 0. The van der Waals surface area contributed by atoms with Gasteiger partial charge in [0, 0.05) is 18.4 Å². The molecule has 3 rings (SSSR count). The summed E-state index contributed by atoms with van der Waals surface area (Å²) in [7, 11) is 0. The summed E-state index contributed by atoms with van der Waals surface area (Å²) in [6.07, 6.45) is -3.83. The van der Waals surface area contributed by atoms with Crippen LogP contribution in [0, 0.1) is 0 Å². The zero-order valence-corrected chi connectivity index (χ0v) is 14.6. The standard InChI is InChI=1S/C20H18F3N3O/c1-2-26(16-11-7-4-8-12-16)19-24-13-17(20(21,22)23)18(25-19)27-14-15-9-5-3-6-10-15/h3-13H,2,14H2,1H3. The minimum atomic E-state index is -4.60. The molecule has 140 valence electrons. The van der Waals surface area contributed by atoms with E-state index in [9.17, 15) is 13.2 Å². The molecule has 0 aliphatic heterocycles. The van der Waals surface area contributed by atoms with E-state index in [1.807, 2.05) is 43.3 Å². The second-order valence-corrected chi connectivity index (χ2v) is 5.74. The molecule has 27 heavy (non-hydrogen) atoms. The minimum Gasteiger partial charge on any atom is -0.472 e. The van der Waals surface area contributed by atoms with Crippen molar-refractivity contribution in [1.29, 1.82) is 0 Å². The van der Waals surface area contributed by atoms with Gasteiger partial charge in [-0.15, -0.1) is 0 Å². The monoisotopic (exact) mass is 373 g/mol. The largest absolute Gasteiger partial charge is 0.472 e. The van der Waals surface area contributed by atoms with E-state index in [-0.39, 0.29) is 12.6 Å². The second kappa shape index (κ2) is 8.07. The molecule has 0 radical (unpaired) electrons. The molecule has 1 heterocycles. The molecule has 0 fully saturated rings. The topological polar surface area (TPSA) is 38.2 Å². The highest BCUT2D eigenvalue weighted by atomic mass is 19.4. The SMILES string of the molecule is CCN(c1ccccc1)c1ncc(C(F)(F)F)c(OCc2ccccc2)n1. The summed E-state index contributed by atoms with van der Waals surface area (Å²) in [5.41, 5.74) is 0.543. The van der Waals surface area contributed by atoms with Gasteiger partial charge < -0.3 is 9.64 Å². The number of ether oxygens (including phenoxy) is 1. The van der Waals surface area contributed by atoms with Gasteiger partial charge in [-0.2, -0.15) is 18.2 Å². The first-order valence-electron chi connectivity index (χ1n) is 8.42. The maximum atomic E-state index is 13.3. The Hall–Kier alpha value is -3.09. The van der Waals surface area contributed by atoms with Crippen LogP contribution in [-0.4, -0.2) is 16.5 Å². The lowest BCUT2D eigenvalue weighted by atomic mass is 10.2. The molecule has 0 saturated carbocycles. The Balaban J connectivity index is 1.95. The van der Waals surface area contributed by atoms with E-state index >= 15 is 0 Å². The maximum absolute atomic E-state index is 13.3. The number of nitrogens with zero attached hydrogens (tertiary/aromatic N) is 3. The zero-order valence-electron chi connectivity index (χ0n) is 14.6. The van der Waals surface area contributed by atoms with Crippen molar-refractivity contribution < 1.29 is 17.9 Å². The molecule has 3 aromatic rings. The third-order valence-corrected chi connectivity index (χ3v) is 3.89. The van der Waals surface area contributed by atoms with Crippen LogP contribution in [0.3, 0.4) is 0 Å². The summed E-state index contributed by atoms with van der Waals surface area (Å²) in [6, 6.07) is 18.2. The predicted octanol–water partition coefficient (Wildman–Crippen LogP) is 5.23. The first-order chi connectivity index (χ1) is 13.0. The van der Waals surface area contributed by atoms with Crippen LogP contribution in [0.4, 0.5) is 24.8 Å². The van der Waals surface area contributed by atoms with Gasteiger partial charge in [0.2, 0.25) is 11.8 Å². The summed E-state index contributed by atoms with van der Waals surface area (Å²) in [6.45, 7) is 2.35. The summed E-state index contributed by atoms with van der Waals surface area (Å²) < 4.78 is 45.4. The van der Waals surface area contributed by atoms with Crippen molar-refractivity contribution >= 4 is 11.6 Å². The lowest BCUT2D eigenvalue weighted by molar-refractivity contribution is -0.139. The number of rotatable bonds is 6. The Kier molecular flexibility index (Phi) is 5.59. The van der Waals surface area contributed by atoms with Crippen LogP contribution in [0.15, 0.2) is 66.9 Å². The fraction of sp³-hybridized carbons (Fsp3) is 0.200. The highest BCUT2D eigenvalue weighted by molar-refractivity contribution is 5.57. The van der Waals surface area contributed by atoms with Gasteiger partial charge >= 0.3 is 6.18 Å². The lowest BCUT2D eigenvalue weighted by Crippen LogP contribution is -2.20. The normalized spacial score (nSPS) is 11.3. The van der Waals surface area contributed by atoms with Crippen molar-refractivity contribution in [3.8, 4) is 5.88 Å². The zero-order chi connectivity index (χ0) is 19.3. The van der Waals surface area contributed by atoms with Crippen LogP contribution in [0.2, 0.25) is 0 Å². The second-order valence-electron chi connectivity index (χ2n) is 5.74. The number of para-hydroxylation sites is 1. The van der Waals surface area contributed by atoms with Gasteiger partial charge in [0.1, 0.15) is 12.2 Å². The molecule has 0 unspecified atom stereocenters. The summed E-state index contributed by atoms with van der Waals surface area (Å²) in [5, 5.41) is 0. The van der Waals surface area contributed by atoms with Gasteiger partial charge in [-0.3, -0.25) is 0 Å². The fourth-order valence-electron chi connectivity index (χ4n) is 2.57. The van der Waals surface area contributed by atoms with E-state index in [1.54, 1.807) is 29.2 Å². The third kappa shape index (κ3) is 4.55. The minimum absolute atomic E-state index is 0.0160. The molecule has 0 saturated heterocycles. The molecule has 7 heteroatoms. The first kappa shape index (κ1) is 18.7. The van der Waals surface area contributed by atoms with E-state index in [0.717, 1.165) is 17.4 Å². The number of aromatic nitrogens is 2. The van der Waals surface area contributed by atoms with Crippen molar-refractivity contribution in [3.63, 3.8) is 0 Å². The van der Waals surface area contributed by atoms with Crippen molar-refractivity contribution in [2.24, 2.45) is 0 Å². The molecular weight excluding hydrogens is 355 g/mol. The quantitative estimate of drug-likeness (QED) is 0.593. The van der Waals surface area contributed by atoms with Gasteiger partial charge in [0.25, 0.3) is 0 Å². The Morgan fingerprint density at radius 2 is 1.59 bits per heavy atom. The molecule has 0 aliphatic rings. The van der Waals surface area contributed by atoms with Crippen LogP contribution in [0.1, 0.15) is 18.1 Å². The van der Waals surface area contributed by atoms with Crippen molar-refractivity contribution in [1.82, 2.24) is 9.97 Å². The Labute approximate surface area is 155 Å². The maximum Gasteiger partial charge on any atom is 0.423 e. The molecule has 1 aromatic heterocycles. The van der Waals surface area contributed by atoms with Crippen molar-refractivity contribution in [3.05, 3.63) is 78.0 Å². The summed E-state index contributed by atoms with van der Waals surface area (Å²) >= 11 is 0. The Morgan fingerprint density at radius 1 is 0.963 bits per heavy atom. The smallest absolute Gasteiger partial charge is 0.423 e. The van der Waals surface area contributed by atoms with E-state index in [2.05, 4.69) is 9.97 Å². The van der Waals surface area contributed by atoms with Gasteiger partial charge in [0.15, 0.2) is 0 Å².